The topological polar surface area (TPSA) is 23.1 Å². The summed E-state index contributed by atoms with van der Waals surface area (Å²) in [5, 5.41) is 10.7. The Morgan fingerprint density at radius 3 is 2.17 bits per heavy atom. The summed E-state index contributed by atoms with van der Waals surface area (Å²) in [7, 11) is 0. The molecule has 0 saturated carbocycles. The minimum absolute atomic E-state index is 0. The van der Waals surface area contributed by atoms with Crippen LogP contribution in [0.5, 0.6) is 5.75 Å². The van der Waals surface area contributed by atoms with E-state index in [4.69, 9.17) is 0 Å². The fourth-order valence-electron chi connectivity index (χ4n) is 1.03. The summed E-state index contributed by atoms with van der Waals surface area (Å²) in [6, 6.07) is 7.08. The highest BCUT2D eigenvalue weighted by Crippen LogP contribution is 2.19. The first kappa shape index (κ1) is 11.3. The summed E-state index contributed by atoms with van der Waals surface area (Å²) < 4.78 is 0. The van der Waals surface area contributed by atoms with E-state index in [-0.39, 0.29) is 18.2 Å². The molecule has 1 rings (SSSR count). The van der Waals surface area contributed by atoms with Crippen LogP contribution in [0.15, 0.2) is 24.3 Å². The van der Waals surface area contributed by atoms with Gasteiger partial charge in [0.05, 0.1) is 0 Å². The lowest BCUT2D eigenvalue weighted by Crippen LogP contribution is -3.00. The number of hydrogen-bond acceptors (Lipinski definition) is 1. The molecule has 0 bridgehead atoms. The molecular formula is C10H13ClO-2. The van der Waals surface area contributed by atoms with Gasteiger partial charge < -0.3 is 17.5 Å². The van der Waals surface area contributed by atoms with Crippen molar-refractivity contribution < 1.29 is 17.5 Å². The van der Waals surface area contributed by atoms with Gasteiger partial charge in [0.25, 0.3) is 0 Å². The average molecular weight is 185 g/mol. The van der Waals surface area contributed by atoms with E-state index in [1.54, 1.807) is 12.1 Å². The van der Waals surface area contributed by atoms with Gasteiger partial charge in [-0.3, -0.25) is 0 Å². The van der Waals surface area contributed by atoms with E-state index in [0.717, 1.165) is 6.42 Å². The van der Waals surface area contributed by atoms with Gasteiger partial charge in [0.1, 0.15) is 0 Å². The second kappa shape index (κ2) is 5.04. The van der Waals surface area contributed by atoms with Crippen molar-refractivity contribution >= 4 is 0 Å². The molecule has 0 saturated heterocycles. The van der Waals surface area contributed by atoms with Crippen LogP contribution >= 0.6 is 0 Å². The molecule has 2 heteroatoms. The van der Waals surface area contributed by atoms with Crippen LogP contribution < -0.4 is 17.5 Å². The number of hydrogen-bond donors (Lipinski definition) is 0. The third-order valence-corrected chi connectivity index (χ3v) is 2.06. The van der Waals surface area contributed by atoms with Gasteiger partial charge in [-0.15, -0.1) is 5.75 Å². The third kappa shape index (κ3) is 2.74. The molecule has 0 aliphatic heterocycles. The number of halogens is 1. The van der Waals surface area contributed by atoms with Crippen molar-refractivity contribution in [3.8, 4) is 5.75 Å². The third-order valence-electron chi connectivity index (χ3n) is 2.06. The van der Waals surface area contributed by atoms with E-state index in [1.807, 2.05) is 12.1 Å². The molecule has 0 amide bonds. The molecule has 0 aliphatic rings. The fourth-order valence-corrected chi connectivity index (χ4v) is 1.03. The lowest BCUT2D eigenvalue weighted by molar-refractivity contribution is -0.268. The van der Waals surface area contributed by atoms with Gasteiger partial charge in [0.15, 0.2) is 0 Å². The minimum Gasteiger partial charge on any atom is -1.00 e. The SMILES string of the molecule is CCC(C)c1ccc([O-])cc1.[Cl-]. The highest BCUT2D eigenvalue weighted by molar-refractivity contribution is 5.26. The summed E-state index contributed by atoms with van der Waals surface area (Å²) in [4.78, 5) is 0. The Bertz CT molecular complexity index is 218. The Hall–Kier alpha value is -0.690. The zero-order valence-corrected chi connectivity index (χ0v) is 8.14. The van der Waals surface area contributed by atoms with Crippen LogP contribution in [0.1, 0.15) is 31.7 Å². The molecule has 0 aliphatic carbocycles. The van der Waals surface area contributed by atoms with Crippen LogP contribution in [0.25, 0.3) is 0 Å². The standard InChI is InChI=1S/C10H14O.ClH/c1-3-8(2)9-4-6-10(11)7-5-9;/h4-8,11H,3H2,1-2H3;1H/p-2. The first-order valence-corrected chi connectivity index (χ1v) is 4.01. The minimum atomic E-state index is 0. The maximum absolute atomic E-state index is 10.7. The molecule has 1 nitrogen and oxygen atoms in total. The normalized spacial score (nSPS) is 11.8. The molecule has 0 spiro atoms. The van der Waals surface area contributed by atoms with Crippen LogP contribution in [0, 0.1) is 0 Å². The van der Waals surface area contributed by atoms with Crippen LogP contribution in [-0.2, 0) is 0 Å². The zero-order chi connectivity index (χ0) is 8.27. The number of rotatable bonds is 2. The summed E-state index contributed by atoms with van der Waals surface area (Å²) in [6.07, 6.45) is 1.12. The van der Waals surface area contributed by atoms with Crippen molar-refractivity contribution in [1.29, 1.82) is 0 Å². The molecule has 1 aromatic carbocycles. The van der Waals surface area contributed by atoms with E-state index < -0.39 is 0 Å². The fraction of sp³-hybridized carbons (Fsp3) is 0.400. The van der Waals surface area contributed by atoms with Gasteiger partial charge in [-0.25, -0.2) is 0 Å². The molecule has 0 aromatic heterocycles. The molecule has 1 atom stereocenters. The Morgan fingerprint density at radius 1 is 1.25 bits per heavy atom. The molecule has 68 valence electrons. The predicted molar refractivity (Wildman–Crippen MR) is 44.6 cm³/mol. The maximum Gasteiger partial charge on any atom is -0.0193 e. The van der Waals surface area contributed by atoms with Gasteiger partial charge in [-0.1, -0.05) is 38.1 Å². The smallest absolute Gasteiger partial charge is 0.0193 e. The molecule has 12 heavy (non-hydrogen) atoms. The maximum atomic E-state index is 10.7. The Morgan fingerprint density at radius 2 is 1.75 bits per heavy atom. The van der Waals surface area contributed by atoms with Crippen LogP contribution in [0.2, 0.25) is 0 Å². The Kier molecular flexibility index (Phi) is 4.75. The van der Waals surface area contributed by atoms with E-state index in [9.17, 15) is 5.11 Å². The average Bonchev–Trinajstić information content (AvgIpc) is 2.05. The van der Waals surface area contributed by atoms with Crippen molar-refractivity contribution in [3.05, 3.63) is 29.8 Å². The van der Waals surface area contributed by atoms with Gasteiger partial charge >= 0.3 is 0 Å². The molecule has 0 radical (unpaired) electrons. The van der Waals surface area contributed by atoms with E-state index >= 15 is 0 Å². The summed E-state index contributed by atoms with van der Waals surface area (Å²) in [5.41, 5.74) is 1.26. The zero-order valence-electron chi connectivity index (χ0n) is 7.38. The van der Waals surface area contributed by atoms with Gasteiger partial charge in [0, 0.05) is 0 Å². The largest absolute Gasteiger partial charge is 1.00 e. The summed E-state index contributed by atoms with van der Waals surface area (Å²) in [5.74, 6) is 0.660. The van der Waals surface area contributed by atoms with Crippen LogP contribution in [-0.4, -0.2) is 0 Å². The predicted octanol–water partition coefficient (Wildman–Crippen LogP) is -0.722. The van der Waals surface area contributed by atoms with Crippen LogP contribution in [0.3, 0.4) is 0 Å². The van der Waals surface area contributed by atoms with Crippen molar-refractivity contribution in [2.75, 3.05) is 0 Å². The van der Waals surface area contributed by atoms with Gasteiger partial charge in [-0.05, 0) is 17.9 Å². The second-order valence-electron chi connectivity index (χ2n) is 2.88. The number of benzene rings is 1. The molecule has 0 fully saturated rings. The monoisotopic (exact) mass is 184 g/mol. The van der Waals surface area contributed by atoms with E-state index in [0.29, 0.717) is 5.92 Å². The van der Waals surface area contributed by atoms with Gasteiger partial charge in [0.2, 0.25) is 0 Å². The van der Waals surface area contributed by atoms with Crippen molar-refractivity contribution in [3.63, 3.8) is 0 Å². The van der Waals surface area contributed by atoms with Crippen molar-refractivity contribution in [2.45, 2.75) is 26.2 Å². The molecule has 0 heterocycles. The van der Waals surface area contributed by atoms with E-state index in [2.05, 4.69) is 13.8 Å². The van der Waals surface area contributed by atoms with Crippen LogP contribution in [0.4, 0.5) is 0 Å². The van der Waals surface area contributed by atoms with Crippen molar-refractivity contribution in [1.82, 2.24) is 0 Å². The molecule has 1 aromatic rings. The lowest BCUT2D eigenvalue weighted by Gasteiger charge is -2.10. The first-order chi connectivity index (χ1) is 5.24. The Labute approximate surface area is 79.8 Å². The molecule has 0 N–H and O–H groups in total. The van der Waals surface area contributed by atoms with E-state index in [1.165, 1.54) is 5.56 Å². The summed E-state index contributed by atoms with van der Waals surface area (Å²) >= 11 is 0. The highest BCUT2D eigenvalue weighted by atomic mass is 35.5. The van der Waals surface area contributed by atoms with Gasteiger partial charge in [-0.2, -0.15) is 0 Å². The quantitative estimate of drug-likeness (QED) is 0.595. The lowest BCUT2D eigenvalue weighted by atomic mass is 9.99. The Balaban J connectivity index is 0.00000121. The molecule has 1 unspecified atom stereocenters. The first-order valence-electron chi connectivity index (χ1n) is 4.01. The molecular weight excluding hydrogens is 172 g/mol. The highest BCUT2D eigenvalue weighted by Gasteiger charge is 1.99. The van der Waals surface area contributed by atoms with Crippen molar-refractivity contribution in [2.24, 2.45) is 0 Å². The summed E-state index contributed by atoms with van der Waals surface area (Å²) in [6.45, 7) is 4.32. The second-order valence-corrected chi connectivity index (χ2v) is 2.88.